The molecule has 0 aliphatic carbocycles. The number of pyridine rings is 1. The average Bonchev–Trinajstić information content (AvgIpc) is 2.69. The zero-order valence-electron chi connectivity index (χ0n) is 13.6. The number of rotatable bonds is 3. The predicted molar refractivity (Wildman–Crippen MR) is 99.7 cm³/mol. The molecule has 4 rings (SSSR count). The van der Waals surface area contributed by atoms with E-state index in [2.05, 4.69) is 23.6 Å². The van der Waals surface area contributed by atoms with Crippen molar-refractivity contribution < 1.29 is 9.47 Å². The predicted octanol–water partition coefficient (Wildman–Crippen LogP) is 4.18. The molecule has 0 saturated carbocycles. The summed E-state index contributed by atoms with van der Waals surface area (Å²) < 4.78 is 1.77. The lowest BCUT2D eigenvalue weighted by atomic mass is 10.0. The van der Waals surface area contributed by atoms with Crippen LogP contribution in [0.3, 0.4) is 0 Å². The molecule has 1 N–H and O–H groups in total. The van der Waals surface area contributed by atoms with Gasteiger partial charge in [0.1, 0.15) is 0 Å². The number of nitrogens with one attached hydrogen (secondary N) is 1. The van der Waals surface area contributed by atoms with Crippen molar-refractivity contribution in [2.75, 3.05) is 5.43 Å². The molecule has 0 fully saturated rings. The van der Waals surface area contributed by atoms with Crippen LogP contribution in [0.4, 0.5) is 0 Å². The molecule has 1 amide bonds. The van der Waals surface area contributed by atoms with E-state index in [1.54, 1.807) is 16.8 Å². The molecule has 4 aromatic rings. The van der Waals surface area contributed by atoms with Crippen molar-refractivity contribution in [1.29, 1.82) is 0 Å². The summed E-state index contributed by atoms with van der Waals surface area (Å²) in [7, 11) is 0. The highest BCUT2D eigenvalue weighted by atomic mass is 16.2. The Bertz CT molecular complexity index is 1030. The standard InChI is InChI=1S/C22H16N2O/c25-22(18-11-5-2-6-12-18)23-24-16-15-19(17-9-3-1-4-10-17)20-13-7-8-14-21(20)24/h1-16H/p+1. The number of carbonyl (C=O) groups excluding carboxylic acids is 1. The number of hydrogen-bond donors (Lipinski definition) is 1. The molecule has 0 unspecified atom stereocenters. The van der Waals surface area contributed by atoms with E-state index in [1.807, 2.05) is 66.9 Å². The van der Waals surface area contributed by atoms with Gasteiger partial charge in [-0.3, -0.25) is 4.79 Å². The zero-order valence-corrected chi connectivity index (χ0v) is 13.6. The Labute approximate surface area is 146 Å². The van der Waals surface area contributed by atoms with Crippen molar-refractivity contribution in [3.8, 4) is 11.1 Å². The Hall–Kier alpha value is -3.46. The first-order valence-electron chi connectivity index (χ1n) is 8.18. The maximum absolute atomic E-state index is 12.5. The van der Waals surface area contributed by atoms with E-state index in [-0.39, 0.29) is 5.91 Å². The minimum Gasteiger partial charge on any atom is -0.264 e. The lowest BCUT2D eigenvalue weighted by Gasteiger charge is -2.07. The van der Waals surface area contributed by atoms with E-state index in [0.717, 1.165) is 22.0 Å². The Kier molecular flexibility index (Phi) is 3.97. The summed E-state index contributed by atoms with van der Waals surface area (Å²) in [5, 5.41) is 1.09. The maximum Gasteiger partial charge on any atom is 0.305 e. The van der Waals surface area contributed by atoms with Crippen molar-refractivity contribution in [2.45, 2.75) is 0 Å². The highest BCUT2D eigenvalue weighted by Crippen LogP contribution is 2.26. The van der Waals surface area contributed by atoms with Crippen LogP contribution in [0, 0.1) is 0 Å². The molecule has 1 heterocycles. The summed E-state index contributed by atoms with van der Waals surface area (Å²) in [4.78, 5) is 12.5. The normalized spacial score (nSPS) is 10.6. The molecule has 120 valence electrons. The second-order valence-corrected chi connectivity index (χ2v) is 5.79. The molecule has 3 nitrogen and oxygen atoms in total. The first-order valence-corrected chi connectivity index (χ1v) is 8.18. The molecule has 0 aliphatic heterocycles. The van der Waals surface area contributed by atoms with Gasteiger partial charge < -0.3 is 0 Å². The van der Waals surface area contributed by atoms with Crippen LogP contribution >= 0.6 is 0 Å². The van der Waals surface area contributed by atoms with E-state index < -0.39 is 0 Å². The van der Waals surface area contributed by atoms with Crippen LogP contribution in [0.15, 0.2) is 97.2 Å². The van der Waals surface area contributed by atoms with Gasteiger partial charge in [0.2, 0.25) is 11.7 Å². The fraction of sp³-hybridized carbons (Fsp3) is 0. The van der Waals surface area contributed by atoms with Crippen molar-refractivity contribution >= 4 is 16.8 Å². The molecule has 3 heteroatoms. The van der Waals surface area contributed by atoms with Crippen molar-refractivity contribution in [3.05, 3.63) is 103 Å². The zero-order chi connectivity index (χ0) is 17.1. The van der Waals surface area contributed by atoms with Crippen LogP contribution in [0.5, 0.6) is 0 Å². The van der Waals surface area contributed by atoms with Gasteiger partial charge in [-0.15, -0.1) is 5.43 Å². The van der Waals surface area contributed by atoms with Gasteiger partial charge in [-0.25, -0.2) is 0 Å². The molecule has 0 atom stereocenters. The first-order chi connectivity index (χ1) is 12.3. The van der Waals surface area contributed by atoms with Crippen LogP contribution in [0.1, 0.15) is 10.4 Å². The van der Waals surface area contributed by atoms with Crippen molar-refractivity contribution in [1.82, 2.24) is 0 Å². The summed E-state index contributed by atoms with van der Waals surface area (Å²) in [5.74, 6) is -0.136. The molecule has 0 spiro atoms. The molecule has 0 saturated heterocycles. The largest absolute Gasteiger partial charge is 0.305 e. The van der Waals surface area contributed by atoms with Crippen molar-refractivity contribution in [2.24, 2.45) is 0 Å². The van der Waals surface area contributed by atoms with Gasteiger partial charge in [-0.1, -0.05) is 65.3 Å². The number of carbonyl (C=O) groups is 1. The number of amides is 1. The first kappa shape index (κ1) is 15.1. The Balaban J connectivity index is 1.78. The Morgan fingerprint density at radius 3 is 2.12 bits per heavy atom. The van der Waals surface area contributed by atoms with Crippen LogP contribution in [-0.4, -0.2) is 5.91 Å². The molecule has 0 bridgehead atoms. The van der Waals surface area contributed by atoms with Gasteiger partial charge in [0.05, 0.1) is 5.39 Å². The smallest absolute Gasteiger partial charge is 0.264 e. The third-order valence-electron chi connectivity index (χ3n) is 4.19. The summed E-state index contributed by atoms with van der Waals surface area (Å²) in [6.07, 6.45) is 1.89. The van der Waals surface area contributed by atoms with E-state index in [9.17, 15) is 4.79 Å². The number of hydrogen-bond acceptors (Lipinski definition) is 1. The summed E-state index contributed by atoms with van der Waals surface area (Å²) in [6, 6.07) is 29.6. The van der Waals surface area contributed by atoms with Crippen LogP contribution in [0.25, 0.3) is 22.0 Å². The minimum absolute atomic E-state index is 0.136. The molecule has 3 aromatic carbocycles. The monoisotopic (exact) mass is 325 g/mol. The molecular formula is C22H17N2O+. The molecule has 1 aromatic heterocycles. The fourth-order valence-electron chi connectivity index (χ4n) is 2.96. The fourth-order valence-corrected chi connectivity index (χ4v) is 2.96. The lowest BCUT2D eigenvalue weighted by Crippen LogP contribution is -2.48. The topological polar surface area (TPSA) is 33.0 Å². The molecular weight excluding hydrogens is 308 g/mol. The quantitative estimate of drug-likeness (QED) is 0.563. The van der Waals surface area contributed by atoms with E-state index >= 15 is 0 Å². The number of fused-ring (bicyclic) bond motifs is 1. The van der Waals surface area contributed by atoms with Gasteiger partial charge in [0.15, 0.2) is 0 Å². The molecule has 0 radical (unpaired) electrons. The Morgan fingerprint density at radius 1 is 0.720 bits per heavy atom. The van der Waals surface area contributed by atoms with E-state index in [4.69, 9.17) is 0 Å². The van der Waals surface area contributed by atoms with Gasteiger partial charge in [0.25, 0.3) is 0 Å². The molecule has 25 heavy (non-hydrogen) atoms. The summed E-state index contributed by atoms with van der Waals surface area (Å²) >= 11 is 0. The van der Waals surface area contributed by atoms with Gasteiger partial charge in [-0.05, 0) is 23.8 Å². The van der Waals surface area contributed by atoms with Crippen LogP contribution < -0.4 is 10.1 Å². The highest BCUT2D eigenvalue weighted by molar-refractivity contribution is 5.99. The second-order valence-electron chi connectivity index (χ2n) is 5.79. The second kappa shape index (κ2) is 6.57. The van der Waals surface area contributed by atoms with Crippen LogP contribution in [0.2, 0.25) is 0 Å². The SMILES string of the molecule is O=C(N[n+]1ccc(-c2ccccc2)c2ccccc21)c1ccccc1. The highest BCUT2D eigenvalue weighted by Gasteiger charge is 2.16. The van der Waals surface area contributed by atoms with Crippen molar-refractivity contribution in [3.63, 3.8) is 0 Å². The maximum atomic E-state index is 12.5. The van der Waals surface area contributed by atoms with Gasteiger partial charge >= 0.3 is 5.91 Å². The third-order valence-corrected chi connectivity index (χ3v) is 4.19. The average molecular weight is 325 g/mol. The summed E-state index contributed by atoms with van der Waals surface area (Å²) in [6.45, 7) is 0. The Morgan fingerprint density at radius 2 is 1.36 bits per heavy atom. The number of aromatic nitrogens is 1. The molecule has 0 aliphatic rings. The van der Waals surface area contributed by atoms with Crippen LogP contribution in [-0.2, 0) is 0 Å². The minimum atomic E-state index is -0.136. The van der Waals surface area contributed by atoms with Gasteiger partial charge in [-0.2, -0.15) is 0 Å². The van der Waals surface area contributed by atoms with E-state index in [1.165, 1.54) is 0 Å². The number of para-hydroxylation sites is 1. The lowest BCUT2D eigenvalue weighted by molar-refractivity contribution is -0.614. The van der Waals surface area contributed by atoms with E-state index in [0.29, 0.717) is 5.56 Å². The van der Waals surface area contributed by atoms with Gasteiger partial charge in [0, 0.05) is 23.3 Å². The third kappa shape index (κ3) is 3.00. The number of nitrogens with zero attached hydrogens (tertiary/aromatic N) is 1. The summed E-state index contributed by atoms with van der Waals surface area (Å²) in [5.41, 5.74) is 6.83. The number of benzene rings is 3.